The second kappa shape index (κ2) is 8.12. The highest BCUT2D eigenvalue weighted by molar-refractivity contribution is 6.76. The second-order valence-electron chi connectivity index (χ2n) is 6.11. The number of esters is 1. The number of halogens is 3. The number of nitrogens with one attached hydrogen (secondary N) is 1. The van der Waals surface area contributed by atoms with Crippen molar-refractivity contribution in [3.63, 3.8) is 0 Å². The molecule has 5 unspecified atom stereocenters. The summed E-state index contributed by atoms with van der Waals surface area (Å²) in [7, 11) is 0. The van der Waals surface area contributed by atoms with Gasteiger partial charge in [0.25, 0.3) is 3.79 Å². The molecule has 1 fully saturated rings. The molecule has 1 heterocycles. The Bertz CT molecular complexity index is 620. The van der Waals surface area contributed by atoms with Crippen LogP contribution in [0.1, 0.15) is 31.1 Å². The maximum Gasteiger partial charge on any atom is 0.338 e. The van der Waals surface area contributed by atoms with E-state index in [-0.39, 0.29) is 17.9 Å². The van der Waals surface area contributed by atoms with Crippen molar-refractivity contribution in [3.8, 4) is 0 Å². The van der Waals surface area contributed by atoms with E-state index < -0.39 is 28.1 Å². The molecule has 0 amide bonds. The third-order valence-corrected chi connectivity index (χ3v) is 4.96. The van der Waals surface area contributed by atoms with Gasteiger partial charge < -0.3 is 14.2 Å². The number of hydrogen-bond donors (Lipinski definition) is 1. The molecular formula is C17H20Cl3NO4. The van der Waals surface area contributed by atoms with E-state index in [0.29, 0.717) is 5.56 Å². The molecule has 2 rings (SSSR count). The molecule has 0 aromatic heterocycles. The second-order valence-corrected chi connectivity index (χ2v) is 8.39. The summed E-state index contributed by atoms with van der Waals surface area (Å²) in [5.41, 5.74) is 0.413. The smallest absolute Gasteiger partial charge is 0.338 e. The topological polar surface area (TPSA) is 68.6 Å². The Morgan fingerprint density at radius 2 is 1.68 bits per heavy atom. The molecule has 1 saturated heterocycles. The molecule has 0 bridgehead atoms. The molecule has 5 nitrogen and oxygen atoms in total. The summed E-state index contributed by atoms with van der Waals surface area (Å²) < 4.78 is 14.7. The molecule has 1 aromatic carbocycles. The molecule has 1 aliphatic heterocycles. The van der Waals surface area contributed by atoms with Crippen molar-refractivity contribution in [3.05, 3.63) is 35.9 Å². The van der Waals surface area contributed by atoms with E-state index in [4.69, 9.17) is 54.4 Å². The minimum Gasteiger partial charge on any atom is -0.452 e. The lowest BCUT2D eigenvalue weighted by molar-refractivity contribution is -0.238. The van der Waals surface area contributed by atoms with Crippen molar-refractivity contribution in [2.75, 3.05) is 0 Å². The van der Waals surface area contributed by atoms with Gasteiger partial charge in [-0.3, -0.25) is 5.41 Å². The van der Waals surface area contributed by atoms with Gasteiger partial charge in [0.15, 0.2) is 6.10 Å². The van der Waals surface area contributed by atoms with Crippen LogP contribution >= 0.6 is 34.8 Å². The first-order chi connectivity index (χ1) is 11.6. The van der Waals surface area contributed by atoms with Crippen LogP contribution in [0.15, 0.2) is 30.3 Å². The van der Waals surface area contributed by atoms with Crippen LogP contribution in [0.4, 0.5) is 0 Å². The van der Waals surface area contributed by atoms with Crippen LogP contribution in [0.5, 0.6) is 0 Å². The predicted octanol–water partition coefficient (Wildman–Crippen LogP) is 4.59. The minimum atomic E-state index is -2.02. The first-order valence-corrected chi connectivity index (χ1v) is 8.98. The molecule has 8 heteroatoms. The van der Waals surface area contributed by atoms with Gasteiger partial charge in [0, 0.05) is 5.92 Å². The lowest BCUT2D eigenvalue weighted by atomic mass is 9.84. The molecule has 5 atom stereocenters. The zero-order valence-corrected chi connectivity index (χ0v) is 16.3. The fourth-order valence-electron chi connectivity index (χ4n) is 2.59. The van der Waals surface area contributed by atoms with Crippen molar-refractivity contribution in [2.24, 2.45) is 11.8 Å². The molecule has 25 heavy (non-hydrogen) atoms. The predicted molar refractivity (Wildman–Crippen MR) is 97.4 cm³/mol. The van der Waals surface area contributed by atoms with Gasteiger partial charge in [-0.15, -0.1) is 0 Å². The average Bonchev–Trinajstić information content (AvgIpc) is 2.56. The molecule has 138 valence electrons. The van der Waals surface area contributed by atoms with Crippen molar-refractivity contribution in [1.29, 1.82) is 5.41 Å². The standard InChI is InChI=1S/C17H20Cl3NO4/c1-9-10(2)13(24-14(22)12-7-5-4-6-8-12)15(23-11(9)3)25-16(21)17(18,19)20/h4-11,13,15,21H,1-3H3. The number of benzene rings is 1. The van der Waals surface area contributed by atoms with E-state index in [2.05, 4.69) is 0 Å². The largest absolute Gasteiger partial charge is 0.452 e. The monoisotopic (exact) mass is 407 g/mol. The third kappa shape index (κ3) is 5.00. The van der Waals surface area contributed by atoms with E-state index >= 15 is 0 Å². The summed E-state index contributed by atoms with van der Waals surface area (Å²) in [5, 5.41) is 7.76. The number of carbonyl (C=O) groups is 1. The van der Waals surface area contributed by atoms with E-state index in [1.165, 1.54) is 0 Å². The molecule has 0 spiro atoms. The maximum atomic E-state index is 12.4. The Morgan fingerprint density at radius 3 is 2.24 bits per heavy atom. The summed E-state index contributed by atoms with van der Waals surface area (Å²) >= 11 is 17.0. The first kappa shape index (κ1) is 20.3. The summed E-state index contributed by atoms with van der Waals surface area (Å²) in [6.45, 7) is 5.81. The fourth-order valence-corrected chi connectivity index (χ4v) is 2.73. The van der Waals surface area contributed by atoms with Gasteiger partial charge in [-0.25, -0.2) is 4.79 Å². The van der Waals surface area contributed by atoms with E-state index in [1.807, 2.05) is 20.8 Å². The molecule has 0 aliphatic carbocycles. The van der Waals surface area contributed by atoms with Crippen molar-refractivity contribution >= 4 is 46.7 Å². The quantitative estimate of drug-likeness (QED) is 0.344. The van der Waals surface area contributed by atoms with Crippen molar-refractivity contribution in [2.45, 2.75) is 43.1 Å². The summed E-state index contributed by atoms with van der Waals surface area (Å²) in [5.74, 6) is -1.06. The Hall–Kier alpha value is -1.01. The highest BCUT2D eigenvalue weighted by atomic mass is 35.6. The van der Waals surface area contributed by atoms with E-state index in [9.17, 15) is 4.79 Å². The van der Waals surface area contributed by atoms with Crippen LogP contribution in [-0.2, 0) is 14.2 Å². The summed E-state index contributed by atoms with van der Waals surface area (Å²) in [4.78, 5) is 12.4. The van der Waals surface area contributed by atoms with E-state index in [0.717, 1.165) is 0 Å². The van der Waals surface area contributed by atoms with Gasteiger partial charge in [-0.05, 0) is 25.0 Å². The van der Waals surface area contributed by atoms with Crippen LogP contribution in [0.2, 0.25) is 0 Å². The van der Waals surface area contributed by atoms with Gasteiger partial charge in [0.05, 0.1) is 11.7 Å². The Kier molecular flexibility index (Phi) is 6.60. The van der Waals surface area contributed by atoms with E-state index in [1.54, 1.807) is 30.3 Å². The maximum absolute atomic E-state index is 12.4. The first-order valence-electron chi connectivity index (χ1n) is 7.85. The SMILES string of the molecule is CC1OC(OC(=N)C(Cl)(Cl)Cl)C(OC(=O)c2ccccc2)C(C)C1C. The highest BCUT2D eigenvalue weighted by Gasteiger charge is 2.45. The normalized spacial score (nSPS) is 29.8. The Labute approximate surface area is 162 Å². The summed E-state index contributed by atoms with van der Waals surface area (Å²) in [6, 6.07) is 8.61. The van der Waals surface area contributed by atoms with Gasteiger partial charge in [-0.1, -0.05) is 66.8 Å². The van der Waals surface area contributed by atoms with Crippen LogP contribution < -0.4 is 0 Å². The summed E-state index contributed by atoms with van der Waals surface area (Å²) in [6.07, 6.45) is -1.95. The van der Waals surface area contributed by atoms with Crippen LogP contribution in [-0.4, -0.2) is 34.2 Å². The van der Waals surface area contributed by atoms with Gasteiger partial charge in [0.1, 0.15) is 0 Å². The van der Waals surface area contributed by atoms with Crippen LogP contribution in [0, 0.1) is 17.2 Å². The zero-order chi connectivity index (χ0) is 18.8. The molecule has 1 aromatic rings. The molecule has 1 aliphatic rings. The number of hydrogen-bond acceptors (Lipinski definition) is 5. The van der Waals surface area contributed by atoms with Crippen LogP contribution in [0.3, 0.4) is 0 Å². The van der Waals surface area contributed by atoms with Gasteiger partial charge >= 0.3 is 5.97 Å². The third-order valence-electron chi connectivity index (χ3n) is 4.45. The zero-order valence-electron chi connectivity index (χ0n) is 14.0. The number of carbonyl (C=O) groups excluding carboxylic acids is 1. The molecule has 1 N–H and O–H groups in total. The van der Waals surface area contributed by atoms with Crippen molar-refractivity contribution in [1.82, 2.24) is 0 Å². The number of rotatable bonds is 3. The average molecular weight is 409 g/mol. The van der Waals surface area contributed by atoms with Gasteiger partial charge in [-0.2, -0.15) is 0 Å². The molecule has 0 radical (unpaired) electrons. The fraction of sp³-hybridized carbons (Fsp3) is 0.529. The Balaban J connectivity index is 2.19. The Morgan fingerprint density at radius 1 is 1.08 bits per heavy atom. The number of ether oxygens (including phenoxy) is 3. The lowest BCUT2D eigenvalue weighted by Crippen LogP contribution is -2.52. The minimum absolute atomic E-state index is 0.0791. The molecular weight excluding hydrogens is 389 g/mol. The van der Waals surface area contributed by atoms with Crippen molar-refractivity contribution < 1.29 is 19.0 Å². The lowest BCUT2D eigenvalue weighted by Gasteiger charge is -2.42. The molecule has 0 saturated carbocycles. The van der Waals surface area contributed by atoms with Crippen LogP contribution in [0.25, 0.3) is 0 Å². The number of alkyl halides is 3. The van der Waals surface area contributed by atoms with Gasteiger partial charge in [0.2, 0.25) is 12.2 Å². The highest BCUT2D eigenvalue weighted by Crippen LogP contribution is 2.36.